The quantitative estimate of drug-likeness (QED) is 0.778. The van der Waals surface area contributed by atoms with Gasteiger partial charge < -0.3 is 9.84 Å². The highest BCUT2D eigenvalue weighted by atomic mass is 16.5. The minimum atomic E-state index is -0.400. The van der Waals surface area contributed by atoms with E-state index in [2.05, 4.69) is 4.90 Å². The molecule has 1 aromatic carbocycles. The molecule has 0 aromatic heterocycles. The van der Waals surface area contributed by atoms with Crippen LogP contribution in [0.2, 0.25) is 0 Å². The summed E-state index contributed by atoms with van der Waals surface area (Å²) < 4.78 is 5.72. The van der Waals surface area contributed by atoms with Gasteiger partial charge in [-0.1, -0.05) is 18.2 Å². The molecule has 0 spiro atoms. The Morgan fingerprint density at radius 3 is 2.75 bits per heavy atom. The molecule has 1 fully saturated rings. The van der Waals surface area contributed by atoms with Crippen LogP contribution in [0.5, 0.6) is 5.75 Å². The van der Waals surface area contributed by atoms with Crippen LogP contribution in [0.4, 0.5) is 0 Å². The van der Waals surface area contributed by atoms with Crippen molar-refractivity contribution in [3.05, 3.63) is 29.8 Å². The topological polar surface area (TPSA) is 32.7 Å². The molecule has 86 valence electrons. The Labute approximate surface area is 95.6 Å². The molecule has 1 aromatic rings. The summed E-state index contributed by atoms with van der Waals surface area (Å²) in [7, 11) is 0. The number of hydrogen-bond donors (Lipinski definition) is 1. The highest BCUT2D eigenvalue weighted by Crippen LogP contribution is 2.34. The fourth-order valence-corrected chi connectivity index (χ4v) is 2.71. The molecule has 0 radical (unpaired) electrons. The fourth-order valence-electron chi connectivity index (χ4n) is 2.71. The van der Waals surface area contributed by atoms with Crippen LogP contribution < -0.4 is 4.74 Å². The van der Waals surface area contributed by atoms with Gasteiger partial charge in [0.1, 0.15) is 18.5 Å². The van der Waals surface area contributed by atoms with E-state index in [-0.39, 0.29) is 6.04 Å². The average Bonchev–Trinajstić information content (AvgIpc) is 2.83. The van der Waals surface area contributed by atoms with Gasteiger partial charge in [-0.25, -0.2) is 0 Å². The molecule has 1 N–H and O–H groups in total. The summed E-state index contributed by atoms with van der Waals surface area (Å²) in [6.07, 6.45) is 2.08. The third-order valence-corrected chi connectivity index (χ3v) is 3.62. The van der Waals surface area contributed by atoms with Crippen molar-refractivity contribution in [3.8, 4) is 5.75 Å². The summed E-state index contributed by atoms with van der Waals surface area (Å²) in [6, 6.07) is 7.93. The predicted molar refractivity (Wildman–Crippen MR) is 61.5 cm³/mol. The third kappa shape index (κ3) is 1.60. The first-order valence-corrected chi connectivity index (χ1v) is 6.00. The van der Waals surface area contributed by atoms with Gasteiger partial charge in [0.2, 0.25) is 0 Å². The Morgan fingerprint density at radius 2 is 1.94 bits per heavy atom. The van der Waals surface area contributed by atoms with Crippen LogP contribution in [0.15, 0.2) is 24.3 Å². The number of likely N-dealkylation sites (tertiary alicyclic amines) is 1. The normalized spacial score (nSPS) is 29.8. The number of hydrogen-bond acceptors (Lipinski definition) is 3. The predicted octanol–water partition coefficient (Wildman–Crippen LogP) is 1.58. The molecule has 2 aliphatic rings. The molecule has 2 aliphatic heterocycles. The van der Waals surface area contributed by atoms with Gasteiger partial charge in [0, 0.05) is 5.56 Å². The average molecular weight is 219 g/mol. The zero-order valence-electron chi connectivity index (χ0n) is 9.30. The Balaban J connectivity index is 1.85. The van der Waals surface area contributed by atoms with Crippen LogP contribution in [-0.4, -0.2) is 35.7 Å². The standard InChI is InChI=1S/C13H17NO2/c15-13-10-5-1-2-6-12(10)16-9-11(13)14-7-3-4-8-14/h1-2,5-6,11,13,15H,3-4,7-9H2. The molecule has 0 aliphatic carbocycles. The lowest BCUT2D eigenvalue weighted by molar-refractivity contribution is 0.0140. The van der Waals surface area contributed by atoms with E-state index < -0.39 is 6.10 Å². The van der Waals surface area contributed by atoms with Gasteiger partial charge in [0.15, 0.2) is 0 Å². The van der Waals surface area contributed by atoms with Gasteiger partial charge >= 0.3 is 0 Å². The highest BCUT2D eigenvalue weighted by Gasteiger charge is 2.34. The Bertz CT molecular complexity index is 374. The number of rotatable bonds is 1. The minimum absolute atomic E-state index is 0.136. The van der Waals surface area contributed by atoms with E-state index in [4.69, 9.17) is 4.74 Å². The van der Waals surface area contributed by atoms with Crippen molar-refractivity contribution in [3.63, 3.8) is 0 Å². The monoisotopic (exact) mass is 219 g/mol. The van der Waals surface area contributed by atoms with Gasteiger partial charge in [0.05, 0.1) is 6.04 Å². The van der Waals surface area contributed by atoms with E-state index in [0.717, 1.165) is 24.4 Å². The number of aliphatic hydroxyl groups is 1. The van der Waals surface area contributed by atoms with Crippen LogP contribution in [0.1, 0.15) is 24.5 Å². The van der Waals surface area contributed by atoms with E-state index in [9.17, 15) is 5.11 Å². The van der Waals surface area contributed by atoms with Crippen LogP contribution >= 0.6 is 0 Å². The molecule has 3 rings (SSSR count). The van der Waals surface area contributed by atoms with Crippen LogP contribution in [0, 0.1) is 0 Å². The van der Waals surface area contributed by atoms with Crippen molar-refractivity contribution in [2.24, 2.45) is 0 Å². The van der Waals surface area contributed by atoms with E-state index in [1.807, 2.05) is 24.3 Å². The zero-order valence-corrected chi connectivity index (χ0v) is 9.30. The molecule has 3 nitrogen and oxygen atoms in total. The Morgan fingerprint density at radius 1 is 1.19 bits per heavy atom. The number of fused-ring (bicyclic) bond motifs is 1. The molecular formula is C13H17NO2. The summed E-state index contributed by atoms with van der Waals surface area (Å²) in [6.45, 7) is 2.79. The maximum atomic E-state index is 10.4. The lowest BCUT2D eigenvalue weighted by atomic mass is 9.98. The van der Waals surface area contributed by atoms with Crippen LogP contribution in [-0.2, 0) is 0 Å². The maximum absolute atomic E-state index is 10.4. The minimum Gasteiger partial charge on any atom is -0.491 e. The highest BCUT2D eigenvalue weighted by molar-refractivity contribution is 5.37. The summed E-state index contributed by atoms with van der Waals surface area (Å²) in [5.41, 5.74) is 0.936. The maximum Gasteiger partial charge on any atom is 0.125 e. The summed E-state index contributed by atoms with van der Waals surface area (Å²) >= 11 is 0. The van der Waals surface area contributed by atoms with E-state index in [1.54, 1.807) is 0 Å². The van der Waals surface area contributed by atoms with Gasteiger partial charge in [-0.2, -0.15) is 0 Å². The fraction of sp³-hybridized carbons (Fsp3) is 0.538. The molecular weight excluding hydrogens is 202 g/mol. The first kappa shape index (κ1) is 10.1. The van der Waals surface area contributed by atoms with Gasteiger partial charge in [0.25, 0.3) is 0 Å². The molecule has 0 amide bonds. The first-order chi connectivity index (χ1) is 7.86. The lowest BCUT2D eigenvalue weighted by Crippen LogP contribution is -2.44. The summed E-state index contributed by atoms with van der Waals surface area (Å²) in [4.78, 5) is 2.35. The van der Waals surface area contributed by atoms with Crippen molar-refractivity contribution >= 4 is 0 Å². The number of aliphatic hydroxyl groups excluding tert-OH is 1. The van der Waals surface area contributed by atoms with Crippen molar-refractivity contribution < 1.29 is 9.84 Å². The SMILES string of the molecule is OC1c2ccccc2OCC1N1CCCC1. The lowest BCUT2D eigenvalue weighted by Gasteiger charge is -2.36. The summed E-state index contributed by atoms with van der Waals surface area (Å²) in [5, 5.41) is 10.4. The molecule has 0 bridgehead atoms. The number of benzene rings is 1. The number of para-hydroxylation sites is 1. The van der Waals surface area contributed by atoms with Crippen molar-refractivity contribution in [2.45, 2.75) is 25.0 Å². The van der Waals surface area contributed by atoms with Crippen LogP contribution in [0.3, 0.4) is 0 Å². The molecule has 16 heavy (non-hydrogen) atoms. The van der Waals surface area contributed by atoms with E-state index >= 15 is 0 Å². The van der Waals surface area contributed by atoms with Crippen molar-refractivity contribution in [1.29, 1.82) is 0 Å². The largest absolute Gasteiger partial charge is 0.491 e. The third-order valence-electron chi connectivity index (χ3n) is 3.62. The second-order valence-electron chi connectivity index (χ2n) is 4.60. The molecule has 3 heteroatoms. The van der Waals surface area contributed by atoms with Gasteiger partial charge in [-0.15, -0.1) is 0 Å². The zero-order chi connectivity index (χ0) is 11.0. The number of nitrogens with zero attached hydrogens (tertiary/aromatic N) is 1. The summed E-state index contributed by atoms with van der Waals surface area (Å²) in [5.74, 6) is 0.838. The van der Waals surface area contributed by atoms with E-state index in [1.165, 1.54) is 12.8 Å². The van der Waals surface area contributed by atoms with Crippen molar-refractivity contribution in [1.82, 2.24) is 4.90 Å². The molecule has 2 atom stereocenters. The van der Waals surface area contributed by atoms with Crippen molar-refractivity contribution in [2.75, 3.05) is 19.7 Å². The smallest absolute Gasteiger partial charge is 0.125 e. The van der Waals surface area contributed by atoms with E-state index in [0.29, 0.717) is 6.61 Å². The molecule has 2 unspecified atom stereocenters. The number of ether oxygens (including phenoxy) is 1. The van der Waals surface area contributed by atoms with Crippen LogP contribution in [0.25, 0.3) is 0 Å². The second-order valence-corrected chi connectivity index (χ2v) is 4.60. The second kappa shape index (κ2) is 4.07. The molecule has 2 heterocycles. The molecule has 1 saturated heterocycles. The van der Waals surface area contributed by atoms with Gasteiger partial charge in [-0.3, -0.25) is 4.90 Å². The Hall–Kier alpha value is -1.06. The Kier molecular flexibility index (Phi) is 2.58. The molecule has 0 saturated carbocycles. The first-order valence-electron chi connectivity index (χ1n) is 6.00. The van der Waals surface area contributed by atoms with Gasteiger partial charge in [-0.05, 0) is 32.0 Å².